The molecule has 0 saturated carbocycles. The van der Waals surface area contributed by atoms with E-state index in [1.54, 1.807) is 24.0 Å². The Morgan fingerprint density at radius 3 is 2.34 bits per heavy atom. The summed E-state index contributed by atoms with van der Waals surface area (Å²) >= 11 is 0. The first-order chi connectivity index (χ1) is 14.9. The molecule has 1 aromatic carbocycles. The molecule has 2 N–H and O–H groups in total. The highest BCUT2D eigenvalue weighted by atomic mass is 16.5. The van der Waals surface area contributed by atoms with E-state index in [-0.39, 0.29) is 23.3 Å². The van der Waals surface area contributed by atoms with Crippen LogP contribution < -0.4 is 10.6 Å². The molecule has 3 amide bonds. The van der Waals surface area contributed by atoms with Gasteiger partial charge in [-0.1, -0.05) is 53.7 Å². The van der Waals surface area contributed by atoms with Crippen LogP contribution in [0, 0.1) is 11.3 Å². The van der Waals surface area contributed by atoms with E-state index in [4.69, 9.17) is 4.74 Å². The maximum atomic E-state index is 13.0. The highest BCUT2D eigenvalue weighted by Crippen LogP contribution is 2.32. The fourth-order valence-electron chi connectivity index (χ4n) is 3.55. The normalized spacial score (nSPS) is 16.8. The Labute approximate surface area is 191 Å². The van der Waals surface area contributed by atoms with Gasteiger partial charge in [-0.3, -0.25) is 9.69 Å². The molecule has 0 radical (unpaired) electrons. The average Bonchev–Trinajstić information content (AvgIpc) is 2.68. The van der Waals surface area contributed by atoms with Gasteiger partial charge in [-0.05, 0) is 42.4 Å². The van der Waals surface area contributed by atoms with Gasteiger partial charge in [-0.2, -0.15) is 0 Å². The van der Waals surface area contributed by atoms with Gasteiger partial charge < -0.3 is 15.4 Å². The molecule has 1 atom stereocenters. The van der Waals surface area contributed by atoms with Crippen LogP contribution in [0.25, 0.3) is 0 Å². The van der Waals surface area contributed by atoms with Gasteiger partial charge in [0.05, 0.1) is 18.2 Å². The average molecular weight is 444 g/mol. The predicted molar refractivity (Wildman–Crippen MR) is 126 cm³/mol. The van der Waals surface area contributed by atoms with Crippen LogP contribution in [0.2, 0.25) is 0 Å². The van der Waals surface area contributed by atoms with Crippen molar-refractivity contribution in [2.24, 2.45) is 11.3 Å². The van der Waals surface area contributed by atoms with Crippen molar-refractivity contribution in [3.63, 3.8) is 0 Å². The monoisotopic (exact) mass is 443 g/mol. The van der Waals surface area contributed by atoms with Crippen LogP contribution in [0.1, 0.15) is 72.9 Å². The zero-order chi connectivity index (χ0) is 24.1. The summed E-state index contributed by atoms with van der Waals surface area (Å²) in [6, 6.07) is 6.35. The molecule has 1 unspecified atom stereocenters. The largest absolute Gasteiger partial charge is 0.462 e. The summed E-state index contributed by atoms with van der Waals surface area (Å²) in [5, 5.41) is 5.85. The van der Waals surface area contributed by atoms with Gasteiger partial charge in [0, 0.05) is 24.4 Å². The first-order valence-electron chi connectivity index (χ1n) is 11.3. The lowest BCUT2D eigenvalue weighted by Crippen LogP contribution is -2.48. The van der Waals surface area contributed by atoms with Gasteiger partial charge in [0.25, 0.3) is 0 Å². The summed E-state index contributed by atoms with van der Waals surface area (Å²) in [5.41, 5.74) is 2.36. The van der Waals surface area contributed by atoms with Crippen LogP contribution in [0.5, 0.6) is 0 Å². The number of hydrogen-bond donors (Lipinski definition) is 2. The number of carbonyl (C=O) groups is 3. The molecule has 32 heavy (non-hydrogen) atoms. The van der Waals surface area contributed by atoms with E-state index in [1.165, 1.54) is 0 Å². The zero-order valence-corrected chi connectivity index (χ0v) is 20.4. The number of hydrogen-bond acceptors (Lipinski definition) is 4. The third-order valence-electron chi connectivity index (χ3n) is 5.03. The molecule has 0 aliphatic carbocycles. The number of rotatable bonds is 8. The molecule has 1 aromatic rings. The molecule has 0 aromatic heterocycles. The van der Waals surface area contributed by atoms with Gasteiger partial charge in [0.15, 0.2) is 0 Å². The van der Waals surface area contributed by atoms with Crippen molar-refractivity contribution in [1.29, 1.82) is 0 Å². The highest BCUT2D eigenvalue weighted by molar-refractivity contribution is 5.95. The van der Waals surface area contributed by atoms with Gasteiger partial charge in [-0.25, -0.2) is 9.59 Å². The second kappa shape index (κ2) is 10.7. The van der Waals surface area contributed by atoms with Crippen LogP contribution >= 0.6 is 0 Å². The number of nitrogens with zero attached hydrogens (tertiary/aromatic N) is 1. The topological polar surface area (TPSA) is 87.7 Å². The lowest BCUT2D eigenvalue weighted by molar-refractivity contribution is -0.140. The Balaban J connectivity index is 2.31. The Morgan fingerprint density at radius 1 is 1.19 bits per heavy atom. The Morgan fingerprint density at radius 2 is 1.81 bits per heavy atom. The van der Waals surface area contributed by atoms with E-state index in [9.17, 15) is 14.4 Å². The minimum atomic E-state index is -0.616. The summed E-state index contributed by atoms with van der Waals surface area (Å²) in [6.45, 7) is 14.6. The summed E-state index contributed by atoms with van der Waals surface area (Å²) in [7, 11) is 0. The van der Waals surface area contributed by atoms with Crippen molar-refractivity contribution in [1.82, 2.24) is 10.2 Å². The minimum Gasteiger partial charge on any atom is -0.462 e. The lowest BCUT2D eigenvalue weighted by atomic mass is 9.92. The Bertz CT molecular complexity index is 866. The molecule has 1 aliphatic heterocycles. The molecule has 7 heteroatoms. The number of allylic oxidation sites excluding steroid dienone is 1. The smallest absolute Gasteiger partial charge is 0.338 e. The second-order valence-electron chi connectivity index (χ2n) is 9.93. The minimum absolute atomic E-state index is 0.0554. The number of ether oxygens (including phenoxy) is 1. The molecule has 176 valence electrons. The van der Waals surface area contributed by atoms with E-state index >= 15 is 0 Å². The third kappa shape index (κ3) is 6.84. The molecule has 1 heterocycles. The fourth-order valence-corrected chi connectivity index (χ4v) is 3.55. The molecule has 7 nitrogen and oxygen atoms in total. The molecular formula is C25H37N3O4. The molecule has 2 rings (SSSR count). The van der Waals surface area contributed by atoms with Crippen molar-refractivity contribution < 1.29 is 19.1 Å². The van der Waals surface area contributed by atoms with E-state index in [0.29, 0.717) is 36.5 Å². The van der Waals surface area contributed by atoms with E-state index in [1.807, 2.05) is 53.7 Å². The number of carbonyl (C=O) groups excluding carboxylic acids is 3. The Hall–Kier alpha value is -2.83. The van der Waals surface area contributed by atoms with Crippen LogP contribution in [0.3, 0.4) is 0 Å². The van der Waals surface area contributed by atoms with Gasteiger partial charge in [0.2, 0.25) is 5.91 Å². The van der Waals surface area contributed by atoms with Crippen LogP contribution in [0.4, 0.5) is 10.5 Å². The number of urea groups is 1. The quantitative estimate of drug-likeness (QED) is 0.553. The summed E-state index contributed by atoms with van der Waals surface area (Å²) in [5.74, 6) is -0.274. The van der Waals surface area contributed by atoms with Gasteiger partial charge >= 0.3 is 12.0 Å². The van der Waals surface area contributed by atoms with E-state index in [2.05, 4.69) is 10.6 Å². The standard InChI is InChI=1S/C25H37N3O4/c1-8-13-28-17(4)21(23(30)32-15-16(2)3)22(27-24(28)31)18-9-11-19(12-10-18)26-20(29)14-25(5,6)7/h9-12,16,22H,8,13-15H2,1-7H3,(H,26,29)(H,27,31). The number of esters is 1. The third-order valence-corrected chi connectivity index (χ3v) is 5.03. The van der Waals surface area contributed by atoms with Crippen LogP contribution in [-0.4, -0.2) is 36.0 Å². The number of amides is 3. The van der Waals surface area contributed by atoms with Crippen molar-refractivity contribution in [2.45, 2.75) is 67.3 Å². The maximum Gasteiger partial charge on any atom is 0.338 e. The first kappa shape index (κ1) is 25.4. The fraction of sp³-hybridized carbons (Fsp3) is 0.560. The number of nitrogens with one attached hydrogen (secondary N) is 2. The summed E-state index contributed by atoms with van der Waals surface area (Å²) in [4.78, 5) is 39.5. The van der Waals surface area contributed by atoms with Crippen molar-refractivity contribution in [2.75, 3.05) is 18.5 Å². The Kier molecular flexibility index (Phi) is 8.47. The zero-order valence-electron chi connectivity index (χ0n) is 20.4. The molecule has 0 bridgehead atoms. The SMILES string of the molecule is CCCN1C(=O)NC(c2ccc(NC(=O)CC(C)(C)C)cc2)C(C(=O)OCC(C)C)=C1C. The van der Waals surface area contributed by atoms with Crippen LogP contribution in [-0.2, 0) is 14.3 Å². The first-order valence-corrected chi connectivity index (χ1v) is 11.3. The molecular weight excluding hydrogens is 406 g/mol. The molecule has 0 saturated heterocycles. The summed E-state index contributed by atoms with van der Waals surface area (Å²) in [6.07, 6.45) is 1.18. The predicted octanol–water partition coefficient (Wildman–Crippen LogP) is 5.01. The second-order valence-corrected chi connectivity index (χ2v) is 9.93. The van der Waals surface area contributed by atoms with Crippen molar-refractivity contribution in [3.05, 3.63) is 41.1 Å². The highest BCUT2D eigenvalue weighted by Gasteiger charge is 2.36. The number of anilines is 1. The van der Waals surface area contributed by atoms with Crippen molar-refractivity contribution >= 4 is 23.6 Å². The molecule has 0 spiro atoms. The summed E-state index contributed by atoms with van der Waals surface area (Å²) < 4.78 is 5.52. The van der Waals surface area contributed by atoms with Gasteiger partial charge in [-0.15, -0.1) is 0 Å². The van der Waals surface area contributed by atoms with E-state index < -0.39 is 12.0 Å². The van der Waals surface area contributed by atoms with E-state index in [0.717, 1.165) is 12.0 Å². The maximum absolute atomic E-state index is 13.0. The molecule has 0 fully saturated rings. The number of benzene rings is 1. The lowest BCUT2D eigenvalue weighted by Gasteiger charge is -2.35. The molecule has 1 aliphatic rings. The van der Waals surface area contributed by atoms with Crippen LogP contribution in [0.15, 0.2) is 35.5 Å². The van der Waals surface area contributed by atoms with Crippen molar-refractivity contribution in [3.8, 4) is 0 Å². The van der Waals surface area contributed by atoms with Gasteiger partial charge in [0.1, 0.15) is 0 Å².